The fourth-order valence-corrected chi connectivity index (χ4v) is 5.04. The van der Waals surface area contributed by atoms with Crippen LogP contribution in [0.3, 0.4) is 0 Å². The number of anilines is 1. The molecule has 7 heteroatoms. The quantitative estimate of drug-likeness (QED) is 0.637. The Kier molecular flexibility index (Phi) is 6.49. The summed E-state index contributed by atoms with van der Waals surface area (Å²) in [6.07, 6.45) is 4.37. The lowest BCUT2D eigenvalue weighted by atomic mass is 9.80. The molecular weight excluding hydrogens is 421 g/mol. The van der Waals surface area contributed by atoms with Crippen LogP contribution in [0.1, 0.15) is 62.6 Å². The highest BCUT2D eigenvalue weighted by Crippen LogP contribution is 2.43. The van der Waals surface area contributed by atoms with E-state index in [1.165, 1.54) is 6.07 Å². The van der Waals surface area contributed by atoms with Crippen molar-refractivity contribution in [2.24, 2.45) is 0 Å². The van der Waals surface area contributed by atoms with Gasteiger partial charge in [-0.25, -0.2) is 9.18 Å². The lowest BCUT2D eigenvalue weighted by Gasteiger charge is -2.38. The summed E-state index contributed by atoms with van der Waals surface area (Å²) in [5, 5.41) is 2.80. The van der Waals surface area contributed by atoms with Crippen LogP contribution in [0.5, 0.6) is 0 Å². The van der Waals surface area contributed by atoms with Gasteiger partial charge in [-0.05, 0) is 44.4 Å². The first-order chi connectivity index (χ1) is 15.9. The number of urea groups is 1. The summed E-state index contributed by atoms with van der Waals surface area (Å²) in [4.78, 5) is 42.6. The summed E-state index contributed by atoms with van der Waals surface area (Å²) in [6, 6.07) is 12.8. The lowest BCUT2D eigenvalue weighted by Crippen LogP contribution is -2.51. The van der Waals surface area contributed by atoms with E-state index >= 15 is 0 Å². The number of carbonyl (C=O) groups excluding carboxylic acids is 3. The Morgan fingerprint density at radius 1 is 1.06 bits per heavy atom. The van der Waals surface area contributed by atoms with Gasteiger partial charge in [0.1, 0.15) is 17.9 Å². The number of carbonyl (C=O) groups is 3. The Hall–Kier alpha value is -3.22. The molecule has 4 rings (SSSR count). The van der Waals surface area contributed by atoms with Gasteiger partial charge in [0, 0.05) is 11.3 Å². The van der Waals surface area contributed by atoms with Crippen molar-refractivity contribution in [3.63, 3.8) is 0 Å². The fraction of sp³-hybridized carbons (Fsp3) is 0.423. The molecular formula is C26H30FN3O3. The highest BCUT2D eigenvalue weighted by Gasteiger charge is 2.58. The summed E-state index contributed by atoms with van der Waals surface area (Å²) in [5.74, 6) is -1.20. The first-order valence-corrected chi connectivity index (χ1v) is 11.6. The van der Waals surface area contributed by atoms with Gasteiger partial charge in [0.25, 0.3) is 5.91 Å². The average molecular weight is 452 g/mol. The molecule has 2 aliphatic rings. The first-order valence-electron chi connectivity index (χ1n) is 11.6. The van der Waals surface area contributed by atoms with Crippen LogP contribution in [0, 0.1) is 12.7 Å². The molecule has 0 radical (unpaired) electrons. The second-order valence-corrected chi connectivity index (χ2v) is 8.99. The van der Waals surface area contributed by atoms with Gasteiger partial charge in [0.15, 0.2) is 0 Å². The molecule has 1 unspecified atom stereocenters. The number of amides is 4. The molecule has 33 heavy (non-hydrogen) atoms. The minimum atomic E-state index is -0.944. The smallest absolute Gasteiger partial charge is 0.332 e. The number of halogens is 1. The predicted molar refractivity (Wildman–Crippen MR) is 124 cm³/mol. The van der Waals surface area contributed by atoms with Gasteiger partial charge in [0.2, 0.25) is 5.91 Å². The summed E-state index contributed by atoms with van der Waals surface area (Å²) in [6.45, 7) is 3.43. The molecule has 174 valence electrons. The number of benzene rings is 2. The first kappa shape index (κ1) is 23.0. The summed E-state index contributed by atoms with van der Waals surface area (Å²) in [5.41, 5.74) is 1.17. The van der Waals surface area contributed by atoms with E-state index in [4.69, 9.17) is 0 Å². The normalized spacial score (nSPS) is 18.6. The van der Waals surface area contributed by atoms with Crippen LogP contribution in [-0.4, -0.2) is 34.8 Å². The van der Waals surface area contributed by atoms with Crippen LogP contribution in [0.15, 0.2) is 48.5 Å². The molecule has 1 atom stereocenters. The van der Waals surface area contributed by atoms with Gasteiger partial charge in [0.05, 0.1) is 6.04 Å². The second-order valence-electron chi connectivity index (χ2n) is 8.99. The number of hydrogen-bond donors (Lipinski definition) is 1. The summed E-state index contributed by atoms with van der Waals surface area (Å²) in [7, 11) is 0. The number of nitrogens with zero attached hydrogens (tertiary/aromatic N) is 2. The zero-order valence-corrected chi connectivity index (χ0v) is 19.1. The van der Waals surface area contributed by atoms with Crippen molar-refractivity contribution in [2.45, 2.75) is 64.0 Å². The van der Waals surface area contributed by atoms with E-state index in [9.17, 15) is 18.8 Å². The molecule has 2 fully saturated rings. The zero-order valence-electron chi connectivity index (χ0n) is 19.1. The predicted octanol–water partition coefficient (Wildman–Crippen LogP) is 4.87. The van der Waals surface area contributed by atoms with E-state index in [1.807, 2.05) is 38.1 Å². The molecule has 1 spiro atoms. The van der Waals surface area contributed by atoms with E-state index in [0.29, 0.717) is 30.5 Å². The maximum Gasteiger partial charge on any atom is 0.332 e. The SMILES string of the molecule is CCC(NC(=O)CN1C(=O)N(c2ccc(C)cc2)C2(CCCCC2)C1=O)c1ccccc1F. The van der Waals surface area contributed by atoms with Crippen molar-refractivity contribution in [1.82, 2.24) is 10.2 Å². The zero-order chi connectivity index (χ0) is 23.6. The van der Waals surface area contributed by atoms with Crippen LogP contribution in [0.2, 0.25) is 0 Å². The van der Waals surface area contributed by atoms with Gasteiger partial charge in [-0.3, -0.25) is 19.4 Å². The minimum absolute atomic E-state index is 0.318. The largest absolute Gasteiger partial charge is 0.348 e. The van der Waals surface area contributed by atoms with E-state index in [1.54, 1.807) is 23.1 Å². The van der Waals surface area contributed by atoms with Crippen molar-refractivity contribution in [2.75, 3.05) is 11.4 Å². The Balaban J connectivity index is 1.58. The molecule has 0 aromatic heterocycles. The van der Waals surface area contributed by atoms with Crippen molar-refractivity contribution < 1.29 is 18.8 Å². The third kappa shape index (κ3) is 4.24. The van der Waals surface area contributed by atoms with Crippen LogP contribution >= 0.6 is 0 Å². The topological polar surface area (TPSA) is 69.7 Å². The van der Waals surface area contributed by atoms with Crippen molar-refractivity contribution in [3.05, 3.63) is 65.5 Å². The number of hydrogen-bond acceptors (Lipinski definition) is 3. The maximum absolute atomic E-state index is 14.2. The molecule has 1 saturated heterocycles. The van der Waals surface area contributed by atoms with E-state index < -0.39 is 29.3 Å². The molecule has 1 aliphatic carbocycles. The van der Waals surface area contributed by atoms with Crippen LogP contribution < -0.4 is 10.2 Å². The van der Waals surface area contributed by atoms with Gasteiger partial charge in [-0.2, -0.15) is 0 Å². The molecule has 1 saturated carbocycles. The van der Waals surface area contributed by atoms with Crippen molar-refractivity contribution >= 4 is 23.5 Å². The van der Waals surface area contributed by atoms with Crippen LogP contribution in [-0.2, 0) is 9.59 Å². The molecule has 0 bridgehead atoms. The molecule has 2 aromatic carbocycles. The Labute approximate surface area is 193 Å². The van der Waals surface area contributed by atoms with Crippen molar-refractivity contribution in [1.29, 1.82) is 0 Å². The summed E-state index contributed by atoms with van der Waals surface area (Å²) < 4.78 is 14.2. The monoisotopic (exact) mass is 451 g/mol. The summed E-state index contributed by atoms with van der Waals surface area (Å²) >= 11 is 0. The van der Waals surface area contributed by atoms with Crippen LogP contribution in [0.25, 0.3) is 0 Å². The second kappa shape index (κ2) is 9.33. The van der Waals surface area contributed by atoms with Gasteiger partial charge in [-0.1, -0.05) is 62.1 Å². The lowest BCUT2D eigenvalue weighted by molar-refractivity contribution is -0.135. The number of nitrogens with one attached hydrogen (secondary N) is 1. The van der Waals surface area contributed by atoms with Gasteiger partial charge in [-0.15, -0.1) is 0 Å². The average Bonchev–Trinajstić information content (AvgIpc) is 3.00. The Morgan fingerprint density at radius 2 is 1.73 bits per heavy atom. The molecule has 1 N–H and O–H groups in total. The van der Waals surface area contributed by atoms with E-state index in [-0.39, 0.29) is 12.5 Å². The number of imide groups is 1. The Morgan fingerprint density at radius 3 is 2.36 bits per heavy atom. The van der Waals surface area contributed by atoms with Gasteiger partial charge >= 0.3 is 6.03 Å². The third-order valence-corrected chi connectivity index (χ3v) is 6.79. The maximum atomic E-state index is 14.2. The molecule has 6 nitrogen and oxygen atoms in total. The highest BCUT2D eigenvalue weighted by molar-refractivity contribution is 6.18. The molecule has 4 amide bonds. The van der Waals surface area contributed by atoms with Crippen LogP contribution in [0.4, 0.5) is 14.9 Å². The molecule has 1 heterocycles. The minimum Gasteiger partial charge on any atom is -0.348 e. The Bertz CT molecular complexity index is 1050. The molecule has 2 aromatic rings. The third-order valence-electron chi connectivity index (χ3n) is 6.79. The van der Waals surface area contributed by atoms with Gasteiger partial charge < -0.3 is 5.32 Å². The van der Waals surface area contributed by atoms with E-state index in [0.717, 1.165) is 29.7 Å². The standard InChI is InChI=1S/C26H30FN3O3/c1-3-22(20-9-5-6-10-21(20)27)28-23(31)17-29-24(32)26(15-7-4-8-16-26)30(25(29)33)19-13-11-18(2)12-14-19/h5-6,9-14,22H,3-4,7-8,15-17H2,1-2H3,(H,28,31). The van der Waals surface area contributed by atoms with Crippen molar-refractivity contribution in [3.8, 4) is 0 Å². The molecule has 1 aliphatic heterocycles. The fourth-order valence-electron chi connectivity index (χ4n) is 5.04. The van der Waals surface area contributed by atoms with E-state index in [2.05, 4.69) is 5.32 Å². The highest BCUT2D eigenvalue weighted by atomic mass is 19.1. The number of rotatable bonds is 6. The number of aryl methyl sites for hydroxylation is 1.